The van der Waals surface area contributed by atoms with Crippen molar-refractivity contribution in [2.24, 2.45) is 34.5 Å². The van der Waals surface area contributed by atoms with Crippen molar-refractivity contribution in [1.82, 2.24) is 0 Å². The number of hydrogen-bond acceptors (Lipinski definition) is 4. The number of hydrogen-bond donors (Lipinski definition) is 0. The van der Waals surface area contributed by atoms with Gasteiger partial charge in [-0.1, -0.05) is 25.5 Å². The molecule has 29 heavy (non-hydrogen) atoms. The number of carbonyl (C=O) groups excluding carboxylic acids is 2. The number of fused-ring (bicyclic) bond motifs is 5. The molecule has 0 aromatic rings. The van der Waals surface area contributed by atoms with Crippen LogP contribution in [-0.2, 0) is 19.1 Å². The van der Waals surface area contributed by atoms with E-state index in [2.05, 4.69) is 26.8 Å². The van der Waals surface area contributed by atoms with Gasteiger partial charge in [-0.25, -0.2) is 0 Å². The number of ether oxygens (including phenoxy) is 2. The molecule has 4 aliphatic rings. The second kappa shape index (κ2) is 7.42. The van der Waals surface area contributed by atoms with Crippen molar-refractivity contribution in [3.05, 3.63) is 11.6 Å². The van der Waals surface area contributed by atoms with Crippen LogP contribution < -0.4 is 0 Å². The first kappa shape index (κ1) is 20.9. The lowest BCUT2D eigenvalue weighted by molar-refractivity contribution is -0.153. The second-order valence-electron chi connectivity index (χ2n) is 10.8. The van der Waals surface area contributed by atoms with Crippen molar-refractivity contribution in [2.45, 2.75) is 98.2 Å². The van der Waals surface area contributed by atoms with Gasteiger partial charge in [0.15, 0.2) is 0 Å². The van der Waals surface area contributed by atoms with E-state index in [4.69, 9.17) is 9.47 Å². The van der Waals surface area contributed by atoms with Crippen molar-refractivity contribution in [3.63, 3.8) is 0 Å². The summed E-state index contributed by atoms with van der Waals surface area (Å²) in [6.45, 7) is 10.1. The van der Waals surface area contributed by atoms with Gasteiger partial charge in [0.05, 0.1) is 0 Å². The lowest BCUT2D eigenvalue weighted by Crippen LogP contribution is -2.51. The van der Waals surface area contributed by atoms with Gasteiger partial charge in [0, 0.05) is 26.2 Å². The first-order chi connectivity index (χ1) is 13.6. The lowest BCUT2D eigenvalue weighted by atomic mass is 9.47. The van der Waals surface area contributed by atoms with Crippen LogP contribution >= 0.6 is 0 Å². The number of carbonyl (C=O) groups is 2. The molecule has 8 unspecified atom stereocenters. The van der Waals surface area contributed by atoms with E-state index >= 15 is 0 Å². The number of allylic oxidation sites excluding steroid dienone is 1. The van der Waals surface area contributed by atoms with E-state index in [-0.39, 0.29) is 35.0 Å². The Morgan fingerprint density at radius 2 is 1.79 bits per heavy atom. The molecule has 4 heteroatoms. The Morgan fingerprint density at radius 3 is 2.48 bits per heavy atom. The Balaban J connectivity index is 1.54. The molecule has 0 radical (unpaired) electrons. The minimum absolute atomic E-state index is 0.0171. The molecular formula is C25H38O4. The Bertz CT molecular complexity index is 712. The van der Waals surface area contributed by atoms with Crippen LogP contribution in [0.25, 0.3) is 0 Å². The van der Waals surface area contributed by atoms with Gasteiger partial charge in [-0.2, -0.15) is 0 Å². The van der Waals surface area contributed by atoms with Gasteiger partial charge in [0.1, 0.15) is 12.2 Å². The number of rotatable bonds is 3. The second-order valence-corrected chi connectivity index (χ2v) is 10.8. The highest BCUT2D eigenvalue weighted by molar-refractivity contribution is 5.66. The van der Waals surface area contributed by atoms with Gasteiger partial charge in [0.25, 0.3) is 0 Å². The Kier molecular flexibility index (Phi) is 5.36. The molecule has 4 rings (SSSR count). The highest BCUT2D eigenvalue weighted by atomic mass is 16.5. The molecule has 0 amide bonds. The Hall–Kier alpha value is -1.32. The molecule has 0 aromatic carbocycles. The topological polar surface area (TPSA) is 52.6 Å². The predicted molar refractivity (Wildman–Crippen MR) is 112 cm³/mol. The van der Waals surface area contributed by atoms with E-state index in [0.29, 0.717) is 5.92 Å². The monoisotopic (exact) mass is 402 g/mol. The van der Waals surface area contributed by atoms with Crippen molar-refractivity contribution in [1.29, 1.82) is 0 Å². The summed E-state index contributed by atoms with van der Waals surface area (Å²) >= 11 is 0. The van der Waals surface area contributed by atoms with E-state index in [1.165, 1.54) is 39.5 Å². The summed E-state index contributed by atoms with van der Waals surface area (Å²) in [4.78, 5) is 23.0. The zero-order chi connectivity index (χ0) is 21.0. The van der Waals surface area contributed by atoms with Crippen molar-refractivity contribution < 1.29 is 19.1 Å². The molecule has 0 saturated heterocycles. The maximum absolute atomic E-state index is 11.5. The van der Waals surface area contributed by atoms with Crippen LogP contribution in [0, 0.1) is 34.5 Å². The lowest BCUT2D eigenvalue weighted by Gasteiger charge is -2.58. The van der Waals surface area contributed by atoms with Gasteiger partial charge in [-0.3, -0.25) is 9.59 Å². The fraction of sp³-hybridized carbons (Fsp3) is 0.840. The highest BCUT2D eigenvalue weighted by Gasteiger charge is 2.59. The third-order valence-corrected chi connectivity index (χ3v) is 9.38. The molecule has 3 fully saturated rings. The molecule has 4 nitrogen and oxygen atoms in total. The summed E-state index contributed by atoms with van der Waals surface area (Å²) in [5.74, 6) is 2.38. The molecular weight excluding hydrogens is 364 g/mol. The summed E-state index contributed by atoms with van der Waals surface area (Å²) in [5.41, 5.74) is 2.09. The summed E-state index contributed by atoms with van der Waals surface area (Å²) in [5, 5.41) is 0. The van der Waals surface area contributed by atoms with Gasteiger partial charge in [-0.05, 0) is 80.5 Å². The zero-order valence-electron chi connectivity index (χ0n) is 18.8. The molecule has 0 heterocycles. The fourth-order valence-electron chi connectivity index (χ4n) is 8.12. The molecule has 0 N–H and O–H groups in total. The molecule has 3 saturated carbocycles. The average Bonchev–Trinajstić information content (AvgIpc) is 2.98. The van der Waals surface area contributed by atoms with E-state index in [0.717, 1.165) is 43.4 Å². The quantitative estimate of drug-likeness (QED) is 0.465. The third-order valence-electron chi connectivity index (χ3n) is 9.38. The van der Waals surface area contributed by atoms with Crippen LogP contribution in [0.5, 0.6) is 0 Å². The molecule has 0 spiro atoms. The summed E-state index contributed by atoms with van der Waals surface area (Å²) in [6, 6.07) is 0. The van der Waals surface area contributed by atoms with Crippen LogP contribution in [0.1, 0.15) is 86.0 Å². The van der Waals surface area contributed by atoms with E-state index in [1.54, 1.807) is 5.57 Å². The standard InChI is InChI=1S/C25H38O4/c1-15(28-16(2)26)21-8-9-22-20-7-6-18-14-19(29-17(3)27)10-12-24(18,4)23(20)11-13-25(21,22)5/h6,15,19-23H,7-14H2,1-5H3. The molecule has 4 aliphatic carbocycles. The van der Waals surface area contributed by atoms with Crippen LogP contribution in [0.3, 0.4) is 0 Å². The van der Waals surface area contributed by atoms with E-state index < -0.39 is 0 Å². The molecule has 162 valence electrons. The normalized spacial score (nSPS) is 44.6. The molecule has 8 atom stereocenters. The summed E-state index contributed by atoms with van der Waals surface area (Å²) < 4.78 is 11.2. The van der Waals surface area contributed by atoms with Gasteiger partial charge < -0.3 is 9.47 Å². The minimum atomic E-state index is -0.153. The van der Waals surface area contributed by atoms with Gasteiger partial charge >= 0.3 is 11.9 Å². The third kappa shape index (κ3) is 3.45. The smallest absolute Gasteiger partial charge is 0.302 e. The van der Waals surface area contributed by atoms with Gasteiger partial charge in [0.2, 0.25) is 0 Å². The maximum atomic E-state index is 11.5. The molecule has 0 aliphatic heterocycles. The summed E-state index contributed by atoms with van der Waals surface area (Å²) in [7, 11) is 0. The summed E-state index contributed by atoms with van der Waals surface area (Å²) in [6.07, 6.45) is 11.8. The Morgan fingerprint density at radius 1 is 1.03 bits per heavy atom. The van der Waals surface area contributed by atoms with Crippen molar-refractivity contribution >= 4 is 11.9 Å². The van der Waals surface area contributed by atoms with Crippen LogP contribution in [-0.4, -0.2) is 24.1 Å². The first-order valence-electron chi connectivity index (χ1n) is 11.7. The van der Waals surface area contributed by atoms with Crippen LogP contribution in [0.4, 0.5) is 0 Å². The molecule has 0 bridgehead atoms. The fourth-order valence-corrected chi connectivity index (χ4v) is 8.12. The zero-order valence-corrected chi connectivity index (χ0v) is 18.8. The molecule has 0 aromatic heterocycles. The minimum Gasteiger partial charge on any atom is -0.463 e. The maximum Gasteiger partial charge on any atom is 0.302 e. The van der Waals surface area contributed by atoms with Crippen LogP contribution in [0.15, 0.2) is 11.6 Å². The van der Waals surface area contributed by atoms with E-state index in [9.17, 15) is 9.59 Å². The average molecular weight is 403 g/mol. The number of esters is 2. The van der Waals surface area contributed by atoms with E-state index in [1.807, 2.05) is 0 Å². The Labute approximate surface area is 175 Å². The van der Waals surface area contributed by atoms with Crippen molar-refractivity contribution in [3.8, 4) is 0 Å². The highest BCUT2D eigenvalue weighted by Crippen LogP contribution is 2.66. The SMILES string of the molecule is CC(=O)OC1CCC2(C)C(=CCC3C2CCC2(C)C(C(C)OC(C)=O)CCC32)C1. The van der Waals surface area contributed by atoms with Gasteiger partial charge in [-0.15, -0.1) is 0 Å². The van der Waals surface area contributed by atoms with Crippen LogP contribution in [0.2, 0.25) is 0 Å². The van der Waals surface area contributed by atoms with Crippen molar-refractivity contribution in [2.75, 3.05) is 0 Å². The largest absolute Gasteiger partial charge is 0.463 e. The predicted octanol–water partition coefficient (Wildman–Crippen LogP) is 5.45. The first-order valence-corrected chi connectivity index (χ1v) is 11.7.